The van der Waals surface area contributed by atoms with E-state index in [0.717, 1.165) is 5.56 Å². The van der Waals surface area contributed by atoms with Gasteiger partial charge in [0.05, 0.1) is 11.6 Å². The van der Waals surface area contributed by atoms with Gasteiger partial charge in [0.15, 0.2) is 0 Å². The van der Waals surface area contributed by atoms with Crippen LogP contribution < -0.4 is 0 Å². The van der Waals surface area contributed by atoms with Gasteiger partial charge in [-0.05, 0) is 24.3 Å². The molecule has 0 N–H and O–H groups in total. The van der Waals surface area contributed by atoms with Crippen molar-refractivity contribution in [1.82, 2.24) is 4.57 Å². The van der Waals surface area contributed by atoms with Gasteiger partial charge in [0.1, 0.15) is 4.83 Å². The average molecular weight is 262 g/mol. The SMILES string of the molecule is Cn1c2ccc(C#N)cc2c2c3ccccc3sc21. The Morgan fingerprint density at radius 3 is 2.79 bits per heavy atom. The van der Waals surface area contributed by atoms with E-state index in [4.69, 9.17) is 5.26 Å². The summed E-state index contributed by atoms with van der Waals surface area (Å²) in [7, 11) is 2.09. The topological polar surface area (TPSA) is 28.7 Å². The van der Waals surface area contributed by atoms with Gasteiger partial charge in [-0.25, -0.2) is 0 Å². The van der Waals surface area contributed by atoms with E-state index >= 15 is 0 Å². The van der Waals surface area contributed by atoms with Gasteiger partial charge in [-0.3, -0.25) is 0 Å². The van der Waals surface area contributed by atoms with Crippen molar-refractivity contribution in [1.29, 1.82) is 5.26 Å². The highest BCUT2D eigenvalue weighted by molar-refractivity contribution is 7.25. The number of rotatable bonds is 0. The lowest BCUT2D eigenvalue weighted by Gasteiger charge is -1.97. The largest absolute Gasteiger partial charge is 0.335 e. The number of aromatic nitrogens is 1. The molecule has 19 heavy (non-hydrogen) atoms. The molecule has 0 aliphatic heterocycles. The number of nitriles is 1. The van der Waals surface area contributed by atoms with Crippen LogP contribution in [0.1, 0.15) is 5.56 Å². The van der Waals surface area contributed by atoms with Crippen molar-refractivity contribution >= 4 is 42.5 Å². The Labute approximate surface area is 114 Å². The van der Waals surface area contributed by atoms with Crippen molar-refractivity contribution in [2.24, 2.45) is 7.05 Å². The predicted molar refractivity (Wildman–Crippen MR) is 80.5 cm³/mol. The molecule has 3 heteroatoms. The fourth-order valence-corrected chi connectivity index (χ4v) is 3.93. The summed E-state index contributed by atoms with van der Waals surface area (Å²) in [6.07, 6.45) is 0. The number of benzene rings is 2. The summed E-state index contributed by atoms with van der Waals surface area (Å²) >= 11 is 1.81. The molecule has 2 heterocycles. The summed E-state index contributed by atoms with van der Waals surface area (Å²) < 4.78 is 3.52. The van der Waals surface area contributed by atoms with E-state index in [2.05, 4.69) is 41.9 Å². The van der Waals surface area contributed by atoms with Crippen LogP contribution in [0.2, 0.25) is 0 Å². The Hall–Kier alpha value is -2.31. The van der Waals surface area contributed by atoms with Gasteiger partial charge >= 0.3 is 0 Å². The molecule has 0 amide bonds. The number of fused-ring (bicyclic) bond motifs is 5. The van der Waals surface area contributed by atoms with Crippen LogP contribution in [0.15, 0.2) is 42.5 Å². The molecule has 0 fully saturated rings. The average Bonchev–Trinajstić information content (AvgIpc) is 2.96. The summed E-state index contributed by atoms with van der Waals surface area (Å²) in [5.74, 6) is 0. The molecule has 0 unspecified atom stereocenters. The number of hydrogen-bond donors (Lipinski definition) is 0. The first kappa shape index (κ1) is 10.6. The number of aryl methyl sites for hydroxylation is 1. The molecule has 0 aliphatic carbocycles. The van der Waals surface area contributed by atoms with Crippen LogP contribution in [-0.4, -0.2) is 4.57 Å². The summed E-state index contributed by atoms with van der Waals surface area (Å²) in [6.45, 7) is 0. The quantitative estimate of drug-likeness (QED) is 0.461. The molecular weight excluding hydrogens is 252 g/mol. The summed E-state index contributed by atoms with van der Waals surface area (Å²) in [5.41, 5.74) is 1.90. The van der Waals surface area contributed by atoms with Gasteiger partial charge in [-0.2, -0.15) is 5.26 Å². The summed E-state index contributed by atoms with van der Waals surface area (Å²) in [5, 5.41) is 12.8. The zero-order valence-corrected chi connectivity index (χ0v) is 11.2. The lowest BCUT2D eigenvalue weighted by molar-refractivity contribution is 1.02. The summed E-state index contributed by atoms with van der Waals surface area (Å²) in [6, 6.07) is 16.6. The van der Waals surface area contributed by atoms with Crippen molar-refractivity contribution in [3.05, 3.63) is 48.0 Å². The van der Waals surface area contributed by atoms with Gasteiger partial charge < -0.3 is 4.57 Å². The molecule has 0 spiro atoms. The molecule has 0 saturated heterocycles. The molecule has 90 valence electrons. The van der Waals surface area contributed by atoms with E-state index in [1.54, 1.807) is 0 Å². The minimum atomic E-state index is 0.718. The molecule has 0 aliphatic rings. The number of nitrogens with zero attached hydrogens (tertiary/aromatic N) is 2. The van der Waals surface area contributed by atoms with E-state index in [-0.39, 0.29) is 0 Å². The second-order valence-corrected chi connectivity index (χ2v) is 5.71. The van der Waals surface area contributed by atoms with Crippen molar-refractivity contribution in [2.45, 2.75) is 0 Å². The van der Waals surface area contributed by atoms with Crippen LogP contribution in [-0.2, 0) is 7.05 Å². The number of thiophene rings is 1. The van der Waals surface area contributed by atoms with E-state index in [1.165, 1.54) is 31.2 Å². The maximum absolute atomic E-state index is 9.09. The highest BCUT2D eigenvalue weighted by Crippen LogP contribution is 2.40. The third-order valence-electron chi connectivity index (χ3n) is 3.64. The Balaban J connectivity index is 2.33. The molecular formula is C16H10N2S. The zero-order chi connectivity index (χ0) is 13.0. The molecule has 4 aromatic rings. The molecule has 4 rings (SSSR count). The molecule has 2 aromatic heterocycles. The standard InChI is InChI=1S/C16H10N2S/c1-18-13-7-6-10(9-17)8-12(13)15-11-4-2-3-5-14(11)19-16(15)18/h2-8H,1H3. The monoisotopic (exact) mass is 262 g/mol. The van der Waals surface area contributed by atoms with Crippen LogP contribution in [0.25, 0.3) is 31.2 Å². The fourth-order valence-electron chi connectivity index (χ4n) is 2.74. The van der Waals surface area contributed by atoms with Crippen molar-refractivity contribution in [2.75, 3.05) is 0 Å². The van der Waals surface area contributed by atoms with Crippen LogP contribution in [0, 0.1) is 11.3 Å². The number of hydrogen-bond acceptors (Lipinski definition) is 2. The maximum atomic E-state index is 9.09. The fraction of sp³-hybridized carbons (Fsp3) is 0.0625. The van der Waals surface area contributed by atoms with E-state index in [0.29, 0.717) is 0 Å². The first-order chi connectivity index (χ1) is 9.29. The lowest BCUT2D eigenvalue weighted by atomic mass is 10.1. The second-order valence-electron chi connectivity index (χ2n) is 4.68. The maximum Gasteiger partial charge on any atom is 0.104 e. The first-order valence-electron chi connectivity index (χ1n) is 6.09. The van der Waals surface area contributed by atoms with E-state index in [1.807, 2.05) is 29.5 Å². The van der Waals surface area contributed by atoms with E-state index < -0.39 is 0 Å². The van der Waals surface area contributed by atoms with Gasteiger partial charge in [-0.1, -0.05) is 18.2 Å². The van der Waals surface area contributed by atoms with Crippen molar-refractivity contribution < 1.29 is 0 Å². The molecule has 0 bridgehead atoms. The summed E-state index contributed by atoms with van der Waals surface area (Å²) in [4.78, 5) is 1.27. The molecule has 0 radical (unpaired) electrons. The van der Waals surface area contributed by atoms with Crippen LogP contribution in [0.3, 0.4) is 0 Å². The second kappa shape index (κ2) is 3.59. The Morgan fingerprint density at radius 1 is 1.11 bits per heavy atom. The molecule has 2 nitrogen and oxygen atoms in total. The lowest BCUT2D eigenvalue weighted by Crippen LogP contribution is -1.84. The van der Waals surface area contributed by atoms with Crippen LogP contribution >= 0.6 is 11.3 Å². The minimum Gasteiger partial charge on any atom is -0.335 e. The van der Waals surface area contributed by atoms with Crippen LogP contribution in [0.4, 0.5) is 0 Å². The van der Waals surface area contributed by atoms with Gasteiger partial charge in [0, 0.05) is 33.4 Å². The smallest absolute Gasteiger partial charge is 0.104 e. The minimum absolute atomic E-state index is 0.718. The Bertz CT molecular complexity index is 983. The van der Waals surface area contributed by atoms with Gasteiger partial charge in [-0.15, -0.1) is 11.3 Å². The van der Waals surface area contributed by atoms with Crippen molar-refractivity contribution in [3.8, 4) is 6.07 Å². The first-order valence-corrected chi connectivity index (χ1v) is 6.91. The van der Waals surface area contributed by atoms with Crippen molar-refractivity contribution in [3.63, 3.8) is 0 Å². The molecule has 2 aromatic carbocycles. The Morgan fingerprint density at radius 2 is 1.95 bits per heavy atom. The molecule has 0 saturated carbocycles. The van der Waals surface area contributed by atoms with E-state index in [9.17, 15) is 0 Å². The normalized spacial score (nSPS) is 11.4. The third-order valence-corrected chi connectivity index (χ3v) is 4.89. The van der Waals surface area contributed by atoms with Gasteiger partial charge in [0.2, 0.25) is 0 Å². The highest BCUT2D eigenvalue weighted by atomic mass is 32.1. The highest BCUT2D eigenvalue weighted by Gasteiger charge is 2.14. The molecule has 0 atom stereocenters. The third kappa shape index (κ3) is 1.29. The Kier molecular flexibility index (Phi) is 2.01. The van der Waals surface area contributed by atoms with Crippen LogP contribution in [0.5, 0.6) is 0 Å². The zero-order valence-electron chi connectivity index (χ0n) is 10.3. The van der Waals surface area contributed by atoms with Gasteiger partial charge in [0.25, 0.3) is 0 Å². The predicted octanol–water partition coefficient (Wildman–Crippen LogP) is 4.42.